The molecule has 0 amide bonds. The van der Waals surface area contributed by atoms with Gasteiger partial charge in [0.15, 0.2) is 0 Å². The van der Waals surface area contributed by atoms with Crippen LogP contribution in [0.3, 0.4) is 0 Å². The highest BCUT2D eigenvalue weighted by molar-refractivity contribution is 9.10. The Bertz CT molecular complexity index is 1190. The average molecular weight is 502 g/mol. The van der Waals surface area contributed by atoms with Gasteiger partial charge in [0.05, 0.1) is 5.52 Å². The number of anilines is 1. The smallest absolute Gasteiger partial charge is 0.269 e. The number of benzene rings is 2. The number of rotatable bonds is 6. The Balaban J connectivity index is 1.58. The third-order valence-corrected chi connectivity index (χ3v) is 9.34. The zero-order valence-corrected chi connectivity index (χ0v) is 20.1. The van der Waals surface area contributed by atoms with Gasteiger partial charge in [-0.3, -0.25) is 0 Å². The van der Waals surface area contributed by atoms with Gasteiger partial charge in [0.2, 0.25) is 0 Å². The molecule has 164 valence electrons. The van der Waals surface area contributed by atoms with Crippen molar-refractivity contribution in [2.75, 3.05) is 31.6 Å². The molecular weight excluding hydrogens is 474 g/mol. The molecule has 0 atom stereocenters. The molecule has 7 heteroatoms. The Hall–Kier alpha value is -1.83. The Morgan fingerprint density at radius 2 is 1.74 bits per heavy atom. The molecule has 0 spiro atoms. The second-order valence-electron chi connectivity index (χ2n) is 8.89. The van der Waals surface area contributed by atoms with Gasteiger partial charge in [-0.05, 0) is 98.0 Å². The van der Waals surface area contributed by atoms with Crippen LogP contribution in [0.4, 0.5) is 5.69 Å². The fourth-order valence-electron chi connectivity index (χ4n) is 4.68. The lowest BCUT2D eigenvalue weighted by Gasteiger charge is -2.39. The van der Waals surface area contributed by atoms with Crippen LogP contribution in [0.25, 0.3) is 10.9 Å². The molecule has 1 saturated heterocycles. The van der Waals surface area contributed by atoms with Crippen LogP contribution in [-0.2, 0) is 10.0 Å². The van der Waals surface area contributed by atoms with E-state index in [0.29, 0.717) is 10.5 Å². The number of hydrogen-bond donors (Lipinski definition) is 0. The van der Waals surface area contributed by atoms with Gasteiger partial charge in [-0.25, -0.2) is 12.4 Å². The molecule has 2 aromatic carbocycles. The summed E-state index contributed by atoms with van der Waals surface area (Å²) in [6.45, 7) is 3.29. The second kappa shape index (κ2) is 8.26. The van der Waals surface area contributed by atoms with E-state index in [4.69, 9.17) is 0 Å². The fraction of sp³-hybridized carbons (Fsp3) is 0.417. The van der Waals surface area contributed by atoms with Gasteiger partial charge in [0.25, 0.3) is 10.0 Å². The molecule has 0 unspecified atom stereocenters. The highest BCUT2D eigenvalue weighted by Gasteiger charge is 2.31. The molecular formula is C24H28BrN3O2S. The maximum Gasteiger partial charge on any atom is 0.269 e. The zero-order valence-electron chi connectivity index (χ0n) is 17.7. The first kappa shape index (κ1) is 21.0. The largest absolute Gasteiger partial charge is 0.368 e. The Kier molecular flexibility index (Phi) is 5.61. The van der Waals surface area contributed by atoms with Gasteiger partial charge in [0.1, 0.15) is 4.90 Å². The molecule has 1 aliphatic carbocycles. The Morgan fingerprint density at radius 3 is 2.45 bits per heavy atom. The highest BCUT2D eigenvalue weighted by atomic mass is 79.9. The Labute approximate surface area is 192 Å². The van der Waals surface area contributed by atoms with Gasteiger partial charge in [-0.15, -0.1) is 0 Å². The number of likely N-dealkylation sites (tertiary alicyclic amines) is 1. The van der Waals surface area contributed by atoms with E-state index in [2.05, 4.69) is 38.8 Å². The summed E-state index contributed by atoms with van der Waals surface area (Å²) in [7, 11) is -1.50. The van der Waals surface area contributed by atoms with Crippen molar-refractivity contribution >= 4 is 42.5 Å². The zero-order chi connectivity index (χ0) is 21.6. The topological polar surface area (TPSA) is 45.5 Å². The highest BCUT2D eigenvalue weighted by Crippen LogP contribution is 2.38. The first-order valence-corrected chi connectivity index (χ1v) is 13.2. The monoisotopic (exact) mass is 501 g/mol. The maximum absolute atomic E-state index is 13.5. The molecule has 1 saturated carbocycles. The standard InChI is InChI=1S/C24H28BrN3O2S/c1-26-14-11-19(12-15-26)27(17-18-9-10-18)22-6-4-7-23-20(22)13-16-28(23)31(29,30)24-8-3-2-5-21(24)25/h2-8,13,16,18-19H,9-12,14-15,17H2,1H3. The van der Waals surface area contributed by atoms with Crippen molar-refractivity contribution in [1.29, 1.82) is 0 Å². The lowest BCUT2D eigenvalue weighted by Crippen LogP contribution is -2.44. The lowest BCUT2D eigenvalue weighted by atomic mass is 10.0. The van der Waals surface area contributed by atoms with E-state index in [0.717, 1.165) is 49.3 Å². The third kappa shape index (κ3) is 4.03. The maximum atomic E-state index is 13.5. The van der Waals surface area contributed by atoms with E-state index in [1.54, 1.807) is 24.4 Å². The first-order valence-electron chi connectivity index (χ1n) is 11.0. The fourth-order valence-corrected chi connectivity index (χ4v) is 6.99. The van der Waals surface area contributed by atoms with E-state index >= 15 is 0 Å². The van der Waals surface area contributed by atoms with Crippen molar-refractivity contribution in [2.24, 2.45) is 5.92 Å². The van der Waals surface area contributed by atoms with Crippen LogP contribution in [0.15, 0.2) is 64.1 Å². The summed E-state index contributed by atoms with van der Waals surface area (Å²) < 4.78 is 28.9. The average Bonchev–Trinajstić information content (AvgIpc) is 3.47. The normalized spacial score (nSPS) is 18.5. The van der Waals surface area contributed by atoms with Gasteiger partial charge >= 0.3 is 0 Å². The van der Waals surface area contributed by atoms with Crippen LogP contribution < -0.4 is 4.90 Å². The molecule has 1 aromatic heterocycles. The molecule has 2 fully saturated rings. The van der Waals surface area contributed by atoms with E-state index in [1.807, 2.05) is 24.3 Å². The summed E-state index contributed by atoms with van der Waals surface area (Å²) in [5.41, 5.74) is 1.90. The van der Waals surface area contributed by atoms with Crippen LogP contribution in [0.1, 0.15) is 25.7 Å². The van der Waals surface area contributed by atoms with Crippen molar-refractivity contribution in [3.05, 3.63) is 59.2 Å². The molecule has 1 aliphatic heterocycles. The summed E-state index contributed by atoms with van der Waals surface area (Å²) in [6.07, 6.45) is 6.60. The van der Waals surface area contributed by atoms with Gasteiger partial charge < -0.3 is 9.80 Å². The summed E-state index contributed by atoms with van der Waals surface area (Å²) in [6, 6.07) is 15.5. The summed E-state index contributed by atoms with van der Waals surface area (Å²) in [4.78, 5) is 5.25. The van der Waals surface area contributed by atoms with Crippen LogP contribution in [-0.4, -0.2) is 50.0 Å². The number of nitrogens with zero attached hydrogens (tertiary/aromatic N) is 3. The minimum absolute atomic E-state index is 0.281. The molecule has 5 nitrogen and oxygen atoms in total. The van der Waals surface area contributed by atoms with E-state index in [9.17, 15) is 8.42 Å². The van der Waals surface area contributed by atoms with Crippen LogP contribution in [0, 0.1) is 5.92 Å². The summed E-state index contributed by atoms with van der Waals surface area (Å²) in [5, 5.41) is 1.01. The number of hydrogen-bond acceptors (Lipinski definition) is 4. The SMILES string of the molecule is CN1CCC(N(CC2CC2)c2cccc3c2ccn3S(=O)(=O)c2ccccc2Br)CC1. The van der Waals surface area contributed by atoms with E-state index in [1.165, 1.54) is 22.5 Å². The number of aromatic nitrogens is 1. The quantitative estimate of drug-likeness (QED) is 0.479. The second-order valence-corrected chi connectivity index (χ2v) is 11.5. The van der Waals surface area contributed by atoms with Crippen LogP contribution in [0.5, 0.6) is 0 Å². The molecule has 31 heavy (non-hydrogen) atoms. The van der Waals surface area contributed by atoms with E-state index < -0.39 is 10.0 Å². The minimum atomic E-state index is -3.69. The lowest BCUT2D eigenvalue weighted by molar-refractivity contribution is 0.249. The molecule has 3 aromatic rings. The van der Waals surface area contributed by atoms with Gasteiger partial charge in [0, 0.05) is 34.3 Å². The van der Waals surface area contributed by atoms with E-state index in [-0.39, 0.29) is 4.90 Å². The third-order valence-electron chi connectivity index (χ3n) is 6.64. The molecule has 0 N–H and O–H groups in total. The molecule has 2 aliphatic rings. The summed E-state index contributed by atoms with van der Waals surface area (Å²) >= 11 is 3.41. The minimum Gasteiger partial charge on any atom is -0.368 e. The van der Waals surface area contributed by atoms with Gasteiger partial charge in [-0.1, -0.05) is 18.2 Å². The van der Waals surface area contributed by atoms with Crippen LogP contribution in [0.2, 0.25) is 0 Å². The summed E-state index contributed by atoms with van der Waals surface area (Å²) in [5.74, 6) is 0.765. The van der Waals surface area contributed by atoms with Crippen molar-refractivity contribution in [3.8, 4) is 0 Å². The number of piperidine rings is 1. The van der Waals surface area contributed by atoms with Crippen molar-refractivity contribution in [2.45, 2.75) is 36.6 Å². The molecule has 0 bridgehead atoms. The van der Waals surface area contributed by atoms with Crippen molar-refractivity contribution < 1.29 is 8.42 Å². The Morgan fingerprint density at radius 1 is 1.00 bits per heavy atom. The number of fused-ring (bicyclic) bond motifs is 1. The van der Waals surface area contributed by atoms with Crippen LogP contribution >= 0.6 is 15.9 Å². The predicted molar refractivity (Wildman–Crippen MR) is 129 cm³/mol. The molecule has 5 rings (SSSR count). The van der Waals surface area contributed by atoms with Crippen molar-refractivity contribution in [1.82, 2.24) is 8.87 Å². The predicted octanol–water partition coefficient (Wildman–Crippen LogP) is 4.95. The molecule has 2 heterocycles. The van der Waals surface area contributed by atoms with Gasteiger partial charge in [-0.2, -0.15) is 0 Å². The number of halogens is 1. The van der Waals surface area contributed by atoms with Crippen molar-refractivity contribution in [3.63, 3.8) is 0 Å². The molecule has 0 radical (unpaired) electrons. The first-order chi connectivity index (χ1) is 14.9.